The number of allylic oxidation sites excluding steroid dienone is 4. The molecule has 0 aliphatic heterocycles. The average molecular weight is 474 g/mol. The summed E-state index contributed by atoms with van der Waals surface area (Å²) in [7, 11) is 2.80. The van der Waals surface area contributed by atoms with Gasteiger partial charge in [0, 0.05) is 17.3 Å². The summed E-state index contributed by atoms with van der Waals surface area (Å²) in [5.74, 6) is 0.207. The Kier molecular flexibility index (Phi) is 9.54. The fourth-order valence-corrected chi connectivity index (χ4v) is 3.39. The van der Waals surface area contributed by atoms with E-state index in [2.05, 4.69) is 19.9 Å². The monoisotopic (exact) mass is 473 g/mol. The molecule has 0 aliphatic carbocycles. The second-order valence-corrected chi connectivity index (χ2v) is 8.15. The van der Waals surface area contributed by atoms with Gasteiger partial charge in [-0.1, -0.05) is 41.6 Å². The van der Waals surface area contributed by atoms with Crippen LogP contribution in [0.2, 0.25) is 0 Å². The highest BCUT2D eigenvalue weighted by Gasteiger charge is 2.26. The second-order valence-electron chi connectivity index (χ2n) is 7.73. The third-order valence-electron chi connectivity index (χ3n) is 5.01. The third kappa shape index (κ3) is 6.86. The number of aromatic hydroxyl groups is 1. The number of hydrogen-bond acceptors (Lipinski definition) is 7. The molecule has 0 unspecified atom stereocenters. The van der Waals surface area contributed by atoms with E-state index >= 15 is 0 Å². The van der Waals surface area contributed by atoms with Crippen molar-refractivity contribution in [2.24, 2.45) is 0 Å². The van der Waals surface area contributed by atoms with Gasteiger partial charge in [-0.3, -0.25) is 0 Å². The molecule has 0 atom stereocenters. The lowest BCUT2D eigenvalue weighted by Crippen LogP contribution is -2.24. The highest BCUT2D eigenvalue weighted by molar-refractivity contribution is 7.71. The Morgan fingerprint density at radius 1 is 1.09 bits per heavy atom. The van der Waals surface area contributed by atoms with Gasteiger partial charge in [-0.05, 0) is 59.1 Å². The van der Waals surface area contributed by atoms with Gasteiger partial charge in [0.25, 0.3) is 0 Å². The Morgan fingerprint density at radius 2 is 1.79 bits per heavy atom. The molecule has 1 aromatic carbocycles. The lowest BCUT2D eigenvalue weighted by atomic mass is 9.99. The zero-order valence-electron chi connectivity index (χ0n) is 19.9. The van der Waals surface area contributed by atoms with Gasteiger partial charge in [0.05, 0.1) is 14.2 Å². The van der Waals surface area contributed by atoms with Crippen LogP contribution in [-0.4, -0.2) is 30.2 Å². The van der Waals surface area contributed by atoms with E-state index in [9.17, 15) is 9.90 Å². The number of phenolic OH excluding ortho intramolecular Hbond substituents is 1. The first-order valence-corrected chi connectivity index (χ1v) is 10.9. The molecule has 1 aromatic heterocycles. The van der Waals surface area contributed by atoms with E-state index < -0.39 is 6.16 Å². The number of ether oxygens (including phenoxy) is 3. The van der Waals surface area contributed by atoms with E-state index in [0.29, 0.717) is 22.2 Å². The van der Waals surface area contributed by atoms with Crippen molar-refractivity contribution in [2.45, 2.75) is 47.0 Å². The van der Waals surface area contributed by atoms with E-state index in [-0.39, 0.29) is 23.0 Å². The molecule has 2 aromatic rings. The van der Waals surface area contributed by atoms with Gasteiger partial charge in [-0.2, -0.15) is 4.73 Å². The topological polar surface area (TPSA) is 79.1 Å². The van der Waals surface area contributed by atoms with Crippen LogP contribution in [0.25, 0.3) is 0 Å². The van der Waals surface area contributed by atoms with Crippen LogP contribution in [0.3, 0.4) is 0 Å². The first kappa shape index (κ1) is 26.0. The van der Waals surface area contributed by atoms with Gasteiger partial charge in [0.15, 0.2) is 11.5 Å². The van der Waals surface area contributed by atoms with E-state index in [1.165, 1.54) is 31.6 Å². The molecule has 2 rings (SSSR count). The van der Waals surface area contributed by atoms with Crippen LogP contribution in [0.4, 0.5) is 4.79 Å². The molecule has 1 heterocycles. The van der Waals surface area contributed by atoms with Crippen LogP contribution in [0, 0.1) is 11.6 Å². The molecule has 33 heavy (non-hydrogen) atoms. The zero-order valence-corrected chi connectivity index (χ0v) is 20.7. The molecule has 0 saturated heterocycles. The Labute approximate surface area is 199 Å². The molecule has 0 fully saturated rings. The number of carbonyl (C=O) groups is 1. The maximum absolute atomic E-state index is 12.5. The SMILES string of the molecule is COc1c(O)c(C/C=C(\C)CCC=C(C)C)c(C)c(OC(=O)On2ccccc2=S)c1OC. The molecule has 0 aliphatic rings. The molecular formula is C25H31NO6S. The van der Waals surface area contributed by atoms with Crippen molar-refractivity contribution in [1.82, 2.24) is 4.73 Å². The van der Waals surface area contributed by atoms with Crippen LogP contribution in [0.15, 0.2) is 47.7 Å². The lowest BCUT2D eigenvalue weighted by molar-refractivity contribution is 0.0852. The summed E-state index contributed by atoms with van der Waals surface area (Å²) in [5.41, 5.74) is 3.56. The van der Waals surface area contributed by atoms with Gasteiger partial charge in [0.2, 0.25) is 11.5 Å². The van der Waals surface area contributed by atoms with Crippen molar-refractivity contribution in [2.75, 3.05) is 14.2 Å². The molecule has 0 bridgehead atoms. The van der Waals surface area contributed by atoms with E-state index in [1.807, 2.05) is 13.0 Å². The Balaban J connectivity index is 2.37. The molecular weight excluding hydrogens is 442 g/mol. The molecule has 0 spiro atoms. The van der Waals surface area contributed by atoms with Gasteiger partial charge < -0.3 is 24.2 Å². The minimum Gasteiger partial charge on any atom is -0.504 e. The van der Waals surface area contributed by atoms with Gasteiger partial charge in [-0.25, -0.2) is 4.79 Å². The van der Waals surface area contributed by atoms with E-state index in [4.69, 9.17) is 31.3 Å². The minimum absolute atomic E-state index is 0.0637. The number of pyridine rings is 1. The largest absolute Gasteiger partial charge is 0.539 e. The molecule has 178 valence electrons. The Bertz CT molecular complexity index is 1110. The smallest absolute Gasteiger partial charge is 0.504 e. The average Bonchev–Trinajstić information content (AvgIpc) is 2.76. The fraction of sp³-hybridized carbons (Fsp3) is 0.360. The van der Waals surface area contributed by atoms with Crippen LogP contribution in [0.5, 0.6) is 23.0 Å². The van der Waals surface area contributed by atoms with Gasteiger partial charge in [0.1, 0.15) is 4.64 Å². The van der Waals surface area contributed by atoms with Crippen molar-refractivity contribution in [3.05, 3.63) is 63.5 Å². The van der Waals surface area contributed by atoms with Crippen molar-refractivity contribution in [1.29, 1.82) is 0 Å². The van der Waals surface area contributed by atoms with Gasteiger partial charge >= 0.3 is 6.16 Å². The van der Waals surface area contributed by atoms with Crippen molar-refractivity contribution < 1.29 is 28.9 Å². The summed E-state index contributed by atoms with van der Waals surface area (Å²) >= 11 is 5.13. The quantitative estimate of drug-likeness (QED) is 0.204. The molecule has 0 saturated carbocycles. The fourth-order valence-electron chi connectivity index (χ4n) is 3.22. The summed E-state index contributed by atoms with van der Waals surface area (Å²) in [4.78, 5) is 17.7. The van der Waals surface area contributed by atoms with Crippen LogP contribution < -0.4 is 19.0 Å². The summed E-state index contributed by atoms with van der Waals surface area (Å²) in [6.45, 7) is 7.93. The number of nitrogens with zero attached hydrogens (tertiary/aromatic N) is 1. The highest BCUT2D eigenvalue weighted by Crippen LogP contribution is 2.49. The molecule has 1 N–H and O–H groups in total. The Morgan fingerprint density at radius 3 is 2.39 bits per heavy atom. The first-order chi connectivity index (χ1) is 15.7. The number of phenols is 1. The zero-order chi connectivity index (χ0) is 24.5. The van der Waals surface area contributed by atoms with Crippen molar-refractivity contribution in [3.8, 4) is 23.0 Å². The predicted molar refractivity (Wildman–Crippen MR) is 130 cm³/mol. The summed E-state index contributed by atoms with van der Waals surface area (Å²) < 4.78 is 17.7. The third-order valence-corrected chi connectivity index (χ3v) is 5.32. The number of carbonyl (C=O) groups excluding carboxylic acids is 1. The predicted octanol–water partition coefficient (Wildman–Crippen LogP) is 6.11. The summed E-state index contributed by atoms with van der Waals surface area (Å²) in [6.07, 6.45) is 7.00. The highest BCUT2D eigenvalue weighted by atomic mass is 32.1. The molecule has 7 nitrogen and oxygen atoms in total. The van der Waals surface area contributed by atoms with E-state index in [1.54, 1.807) is 25.1 Å². The van der Waals surface area contributed by atoms with E-state index in [0.717, 1.165) is 17.6 Å². The van der Waals surface area contributed by atoms with Gasteiger partial charge in [-0.15, -0.1) is 0 Å². The number of aromatic nitrogens is 1. The number of methoxy groups -OCH3 is 2. The minimum atomic E-state index is -1.01. The van der Waals surface area contributed by atoms with Crippen molar-refractivity contribution >= 4 is 18.4 Å². The number of hydrogen-bond donors (Lipinski definition) is 1. The molecule has 0 radical (unpaired) electrons. The first-order valence-electron chi connectivity index (χ1n) is 10.5. The maximum Gasteiger partial charge on any atom is 0.539 e. The van der Waals surface area contributed by atoms with Crippen molar-refractivity contribution in [3.63, 3.8) is 0 Å². The molecule has 8 heteroatoms. The lowest BCUT2D eigenvalue weighted by Gasteiger charge is -2.19. The number of rotatable bonds is 9. The Hall–Kier alpha value is -3.26. The summed E-state index contributed by atoms with van der Waals surface area (Å²) in [5, 5.41) is 10.8. The molecule has 0 amide bonds. The second kappa shape index (κ2) is 12.1. The maximum atomic E-state index is 12.5. The standard InChI is InChI=1S/C25H31NO6S/c1-16(2)10-9-11-17(3)13-14-19-18(4)22(24(30-6)23(29-5)21(19)27)31-25(28)32-26-15-8-7-12-20(26)33/h7-8,10,12-13,15,27H,9,11,14H2,1-6H3/b17-13+. The summed E-state index contributed by atoms with van der Waals surface area (Å²) in [6, 6.07) is 5.01. The van der Waals surface area contributed by atoms with Crippen LogP contribution in [-0.2, 0) is 6.42 Å². The van der Waals surface area contributed by atoms with Crippen LogP contribution in [0.1, 0.15) is 44.7 Å². The number of benzene rings is 1. The van der Waals surface area contributed by atoms with Crippen LogP contribution >= 0.6 is 12.2 Å². The normalized spacial score (nSPS) is 11.0.